The largest absolute Gasteiger partial charge is 0.504 e. The number of cyclic esters (lactones) is 1. The highest BCUT2D eigenvalue weighted by Crippen LogP contribution is 2.45. The van der Waals surface area contributed by atoms with Gasteiger partial charge in [-0.15, -0.1) is 0 Å². The van der Waals surface area contributed by atoms with E-state index in [2.05, 4.69) is 0 Å². The number of hydrogen-bond donors (Lipinski definition) is 1. The summed E-state index contributed by atoms with van der Waals surface area (Å²) >= 11 is 0. The molecule has 0 spiro atoms. The number of hydrogen-bond acceptors (Lipinski definition) is 7. The lowest BCUT2D eigenvalue weighted by atomic mass is 9.93. The molecule has 2 aromatic carbocycles. The third kappa shape index (κ3) is 2.85. The van der Waals surface area contributed by atoms with Crippen LogP contribution in [0.4, 0.5) is 0 Å². The third-order valence-corrected chi connectivity index (χ3v) is 4.36. The zero-order valence-electron chi connectivity index (χ0n) is 15.0. The maximum absolute atomic E-state index is 12.5. The molecule has 0 saturated heterocycles. The fraction of sp³-hybridized carbons (Fsp3) is 0.316. The monoisotopic (exact) mass is 360 g/mol. The van der Waals surface area contributed by atoms with Crippen LogP contribution in [0.3, 0.4) is 0 Å². The van der Waals surface area contributed by atoms with E-state index in [9.17, 15) is 9.90 Å². The number of aromatic hydroxyl groups is 1. The number of esters is 1. The van der Waals surface area contributed by atoms with Gasteiger partial charge in [0, 0.05) is 6.42 Å². The Balaban J connectivity index is 2.02. The predicted octanol–water partition coefficient (Wildman–Crippen LogP) is 2.88. The van der Waals surface area contributed by atoms with Gasteiger partial charge in [-0.05, 0) is 29.3 Å². The van der Waals surface area contributed by atoms with Gasteiger partial charge in [0.15, 0.2) is 23.0 Å². The zero-order valence-corrected chi connectivity index (χ0v) is 15.0. The van der Waals surface area contributed by atoms with Crippen LogP contribution in [0.1, 0.15) is 27.6 Å². The maximum Gasteiger partial charge on any atom is 0.342 e. The van der Waals surface area contributed by atoms with Crippen LogP contribution in [0.5, 0.6) is 28.7 Å². The lowest BCUT2D eigenvalue weighted by Gasteiger charge is -2.27. The van der Waals surface area contributed by atoms with Crippen molar-refractivity contribution in [3.63, 3.8) is 0 Å². The lowest BCUT2D eigenvalue weighted by Crippen LogP contribution is -2.22. The van der Waals surface area contributed by atoms with E-state index in [1.807, 2.05) is 6.07 Å². The lowest BCUT2D eigenvalue weighted by molar-refractivity contribution is 0.0246. The van der Waals surface area contributed by atoms with E-state index in [1.165, 1.54) is 14.2 Å². The number of phenols is 1. The molecule has 26 heavy (non-hydrogen) atoms. The molecule has 7 heteroatoms. The first kappa shape index (κ1) is 17.7. The molecule has 0 amide bonds. The first-order valence-corrected chi connectivity index (χ1v) is 7.93. The second-order valence-electron chi connectivity index (χ2n) is 5.71. The minimum absolute atomic E-state index is 0.0966. The van der Waals surface area contributed by atoms with Crippen LogP contribution in [0.25, 0.3) is 0 Å². The van der Waals surface area contributed by atoms with Crippen molar-refractivity contribution in [1.82, 2.24) is 0 Å². The summed E-state index contributed by atoms with van der Waals surface area (Å²) < 4.78 is 26.5. The van der Waals surface area contributed by atoms with Crippen LogP contribution in [0.15, 0.2) is 24.3 Å². The summed E-state index contributed by atoms with van der Waals surface area (Å²) in [6.45, 7) is 0. The number of ether oxygens (including phenoxy) is 5. The number of benzene rings is 2. The smallest absolute Gasteiger partial charge is 0.342 e. The Hall–Kier alpha value is -3.09. The topological polar surface area (TPSA) is 83.5 Å². The summed E-state index contributed by atoms with van der Waals surface area (Å²) in [5.41, 5.74) is 1.48. The third-order valence-electron chi connectivity index (χ3n) is 4.36. The van der Waals surface area contributed by atoms with Gasteiger partial charge in [0.05, 0.1) is 28.4 Å². The summed E-state index contributed by atoms with van der Waals surface area (Å²) in [5, 5.41) is 10.4. The van der Waals surface area contributed by atoms with Crippen LogP contribution < -0.4 is 18.9 Å². The molecule has 1 aliphatic rings. The summed E-state index contributed by atoms with van der Waals surface area (Å²) in [5.74, 6) is 0.684. The first-order valence-electron chi connectivity index (χ1n) is 7.93. The van der Waals surface area contributed by atoms with Crippen LogP contribution in [-0.2, 0) is 11.2 Å². The van der Waals surface area contributed by atoms with E-state index in [1.54, 1.807) is 32.4 Å². The van der Waals surface area contributed by atoms with Crippen molar-refractivity contribution >= 4 is 5.97 Å². The highest BCUT2D eigenvalue weighted by molar-refractivity contribution is 5.97. The van der Waals surface area contributed by atoms with Gasteiger partial charge in [-0.3, -0.25) is 0 Å². The zero-order chi connectivity index (χ0) is 18.8. The van der Waals surface area contributed by atoms with Gasteiger partial charge < -0.3 is 28.8 Å². The average Bonchev–Trinajstić information content (AvgIpc) is 2.66. The Kier molecular flexibility index (Phi) is 4.79. The first-order chi connectivity index (χ1) is 12.5. The molecular weight excluding hydrogens is 340 g/mol. The van der Waals surface area contributed by atoms with Crippen molar-refractivity contribution in [3.05, 3.63) is 41.0 Å². The number of phenolic OH excluding ortho intramolecular Hbond substituents is 1. The summed E-state index contributed by atoms with van der Waals surface area (Å²) in [4.78, 5) is 12.5. The molecule has 0 aliphatic carbocycles. The van der Waals surface area contributed by atoms with Gasteiger partial charge in [-0.25, -0.2) is 4.79 Å². The fourth-order valence-electron chi connectivity index (χ4n) is 3.08. The minimum atomic E-state index is -0.621. The van der Waals surface area contributed by atoms with E-state index in [-0.39, 0.29) is 17.1 Å². The van der Waals surface area contributed by atoms with E-state index >= 15 is 0 Å². The van der Waals surface area contributed by atoms with Gasteiger partial charge in [-0.1, -0.05) is 6.07 Å². The molecule has 7 nitrogen and oxygen atoms in total. The Labute approximate surface area is 151 Å². The fourth-order valence-corrected chi connectivity index (χ4v) is 3.08. The highest BCUT2D eigenvalue weighted by Gasteiger charge is 2.33. The molecule has 0 bridgehead atoms. The van der Waals surface area contributed by atoms with E-state index in [4.69, 9.17) is 23.7 Å². The normalized spacial score (nSPS) is 15.7. The molecule has 0 aromatic heterocycles. The predicted molar refractivity (Wildman–Crippen MR) is 92.6 cm³/mol. The van der Waals surface area contributed by atoms with Gasteiger partial charge in [0.25, 0.3) is 0 Å². The van der Waals surface area contributed by atoms with E-state index < -0.39 is 12.1 Å². The van der Waals surface area contributed by atoms with Gasteiger partial charge in [-0.2, -0.15) is 0 Å². The standard InChI is InChI=1S/C19H20O7/c1-22-12-6-5-10(7-14(12)23-2)13-8-11-9-15(24-3)18(25-4)17(20)16(11)19(21)26-13/h5-7,9,13,20H,8H2,1-4H3. The van der Waals surface area contributed by atoms with Crippen LogP contribution in [0.2, 0.25) is 0 Å². The number of carbonyl (C=O) groups excluding carboxylic acids is 1. The van der Waals surface area contributed by atoms with E-state index in [0.29, 0.717) is 29.2 Å². The van der Waals surface area contributed by atoms with Gasteiger partial charge in [0.1, 0.15) is 11.7 Å². The molecular formula is C19H20O7. The van der Waals surface area contributed by atoms with Crippen LogP contribution in [0, 0.1) is 0 Å². The highest BCUT2D eigenvalue weighted by atomic mass is 16.5. The maximum atomic E-state index is 12.5. The molecule has 2 aromatic rings. The Bertz CT molecular complexity index is 844. The second-order valence-corrected chi connectivity index (χ2v) is 5.71. The van der Waals surface area contributed by atoms with Gasteiger partial charge >= 0.3 is 5.97 Å². The number of rotatable bonds is 5. The van der Waals surface area contributed by atoms with Gasteiger partial charge in [0.2, 0.25) is 5.75 Å². The second kappa shape index (κ2) is 7.03. The van der Waals surface area contributed by atoms with E-state index in [0.717, 1.165) is 5.56 Å². The van der Waals surface area contributed by atoms with Crippen molar-refractivity contribution in [2.45, 2.75) is 12.5 Å². The van der Waals surface area contributed by atoms with Crippen molar-refractivity contribution in [2.24, 2.45) is 0 Å². The van der Waals surface area contributed by atoms with Crippen molar-refractivity contribution in [2.75, 3.05) is 28.4 Å². The molecule has 1 unspecified atom stereocenters. The molecule has 0 fully saturated rings. The molecule has 0 saturated carbocycles. The minimum Gasteiger partial charge on any atom is -0.504 e. The Morgan fingerprint density at radius 2 is 1.65 bits per heavy atom. The molecule has 0 radical (unpaired) electrons. The molecule has 1 N–H and O–H groups in total. The Morgan fingerprint density at radius 1 is 0.962 bits per heavy atom. The van der Waals surface area contributed by atoms with Crippen molar-refractivity contribution < 1.29 is 33.6 Å². The summed E-state index contributed by atoms with van der Waals surface area (Å²) in [6, 6.07) is 7.01. The van der Waals surface area contributed by atoms with Crippen LogP contribution in [-0.4, -0.2) is 39.5 Å². The molecule has 1 atom stereocenters. The summed E-state index contributed by atoms with van der Waals surface area (Å²) in [7, 11) is 5.96. The van der Waals surface area contributed by atoms with Crippen molar-refractivity contribution in [1.29, 1.82) is 0 Å². The average molecular weight is 360 g/mol. The number of methoxy groups -OCH3 is 4. The number of carbonyl (C=O) groups is 1. The van der Waals surface area contributed by atoms with Crippen LogP contribution >= 0.6 is 0 Å². The molecule has 3 rings (SSSR count). The molecule has 1 heterocycles. The Morgan fingerprint density at radius 3 is 2.27 bits per heavy atom. The quantitative estimate of drug-likeness (QED) is 0.821. The number of fused-ring (bicyclic) bond motifs is 1. The SMILES string of the molecule is COc1ccc(C2Cc3cc(OC)c(OC)c(O)c3C(=O)O2)cc1OC. The molecule has 1 aliphatic heterocycles. The molecule has 138 valence electrons. The van der Waals surface area contributed by atoms with Crippen molar-refractivity contribution in [3.8, 4) is 28.7 Å². The summed E-state index contributed by atoms with van der Waals surface area (Å²) in [6.07, 6.45) is -0.142.